The summed E-state index contributed by atoms with van der Waals surface area (Å²) in [6.45, 7) is 5.63. The zero-order chi connectivity index (χ0) is 20.9. The monoisotopic (exact) mass is 396 g/mol. The number of nitrogens with zero attached hydrogens (tertiary/aromatic N) is 2. The minimum Gasteiger partial charge on any atom is -0.344 e. The molecule has 0 radical (unpaired) electrons. The van der Waals surface area contributed by atoms with Crippen LogP contribution in [0.15, 0.2) is 96.2 Å². The second-order valence-corrected chi connectivity index (χ2v) is 8.35. The minimum absolute atomic E-state index is 0.701. The normalized spacial score (nSPS) is 16.0. The smallest absolute Gasteiger partial charge is 0.0649 e. The Morgan fingerprint density at radius 1 is 0.767 bits per heavy atom. The minimum atomic E-state index is 0.701. The Hall–Kier alpha value is -3.00. The van der Waals surface area contributed by atoms with Gasteiger partial charge in [0, 0.05) is 25.0 Å². The van der Waals surface area contributed by atoms with Crippen molar-refractivity contribution >= 4 is 17.1 Å². The number of allylic oxidation sites excluding steroid dienone is 2. The molecule has 0 N–H and O–H groups in total. The van der Waals surface area contributed by atoms with E-state index in [1.807, 2.05) is 0 Å². The summed E-state index contributed by atoms with van der Waals surface area (Å²) in [5, 5.41) is 0. The summed E-state index contributed by atoms with van der Waals surface area (Å²) in [6, 6.07) is 30.3. The molecule has 4 rings (SSSR count). The molecule has 3 aromatic carbocycles. The Labute approximate surface area is 181 Å². The van der Waals surface area contributed by atoms with E-state index < -0.39 is 0 Å². The van der Waals surface area contributed by atoms with Gasteiger partial charge < -0.3 is 9.80 Å². The van der Waals surface area contributed by atoms with Gasteiger partial charge in [0.15, 0.2) is 0 Å². The first-order valence-electron chi connectivity index (χ1n) is 11.1. The maximum absolute atomic E-state index is 2.55. The van der Waals surface area contributed by atoms with E-state index in [1.54, 1.807) is 5.57 Å². The first kappa shape index (κ1) is 20.3. The molecule has 0 aromatic heterocycles. The van der Waals surface area contributed by atoms with Crippen LogP contribution in [0.5, 0.6) is 0 Å². The molecule has 0 bridgehead atoms. The van der Waals surface area contributed by atoms with Crippen LogP contribution >= 0.6 is 0 Å². The Morgan fingerprint density at radius 3 is 2.03 bits per heavy atom. The average Bonchev–Trinajstić information content (AvgIpc) is 3.15. The molecule has 2 heteroatoms. The second-order valence-electron chi connectivity index (χ2n) is 8.35. The van der Waals surface area contributed by atoms with Crippen LogP contribution in [0.2, 0.25) is 0 Å². The van der Waals surface area contributed by atoms with Gasteiger partial charge in [-0.1, -0.05) is 67.6 Å². The van der Waals surface area contributed by atoms with Crippen LogP contribution in [-0.4, -0.2) is 13.6 Å². The summed E-state index contributed by atoms with van der Waals surface area (Å²) in [4.78, 5) is 4.85. The highest BCUT2D eigenvalue weighted by Gasteiger charge is 2.27. The molecule has 1 unspecified atom stereocenters. The molecule has 1 atom stereocenters. The molecule has 0 spiro atoms. The van der Waals surface area contributed by atoms with Crippen molar-refractivity contribution in [3.05, 3.63) is 102 Å². The van der Waals surface area contributed by atoms with Crippen LogP contribution in [0.25, 0.3) is 0 Å². The zero-order valence-electron chi connectivity index (χ0n) is 18.4. The predicted octanol–water partition coefficient (Wildman–Crippen LogP) is 7.21. The molecular formula is C28H32N2. The van der Waals surface area contributed by atoms with E-state index in [2.05, 4.69) is 116 Å². The SMILES string of the molecule is CCN(C1=C(Cc2ccccc2)CC(C)C1)c1ccccc1N(C)c1ccccc1. The summed E-state index contributed by atoms with van der Waals surface area (Å²) in [5.41, 5.74) is 8.26. The van der Waals surface area contributed by atoms with Gasteiger partial charge in [-0.2, -0.15) is 0 Å². The first-order valence-corrected chi connectivity index (χ1v) is 11.1. The third kappa shape index (κ3) is 4.28. The molecule has 0 heterocycles. The number of benzene rings is 3. The second kappa shape index (κ2) is 9.21. The maximum Gasteiger partial charge on any atom is 0.0649 e. The number of hydrogen-bond acceptors (Lipinski definition) is 2. The van der Waals surface area contributed by atoms with Gasteiger partial charge in [0.25, 0.3) is 0 Å². The Kier molecular flexibility index (Phi) is 6.23. The zero-order valence-corrected chi connectivity index (χ0v) is 18.4. The molecule has 1 aliphatic rings. The summed E-state index contributed by atoms with van der Waals surface area (Å²) >= 11 is 0. The Bertz CT molecular complexity index is 991. The Balaban J connectivity index is 1.72. The van der Waals surface area contributed by atoms with Crippen molar-refractivity contribution in [2.75, 3.05) is 23.4 Å². The molecule has 154 valence electrons. The lowest BCUT2D eigenvalue weighted by Crippen LogP contribution is -2.25. The van der Waals surface area contributed by atoms with Crippen molar-refractivity contribution in [2.45, 2.75) is 33.1 Å². The highest BCUT2D eigenvalue weighted by molar-refractivity contribution is 5.78. The molecular weight excluding hydrogens is 364 g/mol. The molecule has 0 amide bonds. The number of hydrogen-bond donors (Lipinski definition) is 0. The van der Waals surface area contributed by atoms with Gasteiger partial charge in [0.05, 0.1) is 11.4 Å². The molecule has 1 aliphatic carbocycles. The number of rotatable bonds is 7. The highest BCUT2D eigenvalue weighted by atomic mass is 15.2. The van der Waals surface area contributed by atoms with E-state index in [0.717, 1.165) is 19.4 Å². The quantitative estimate of drug-likeness (QED) is 0.416. The number of anilines is 3. The lowest BCUT2D eigenvalue weighted by Gasteiger charge is -2.32. The summed E-state index contributed by atoms with van der Waals surface area (Å²) in [6.07, 6.45) is 3.39. The van der Waals surface area contributed by atoms with E-state index in [0.29, 0.717) is 5.92 Å². The van der Waals surface area contributed by atoms with E-state index in [1.165, 1.54) is 34.7 Å². The lowest BCUT2D eigenvalue weighted by atomic mass is 10.0. The predicted molar refractivity (Wildman–Crippen MR) is 130 cm³/mol. The summed E-state index contributed by atoms with van der Waals surface area (Å²) in [7, 11) is 2.17. The van der Waals surface area contributed by atoms with Gasteiger partial charge in [-0.15, -0.1) is 0 Å². The van der Waals surface area contributed by atoms with Crippen LogP contribution in [0.1, 0.15) is 32.3 Å². The van der Waals surface area contributed by atoms with Crippen LogP contribution in [-0.2, 0) is 6.42 Å². The van der Waals surface area contributed by atoms with E-state index >= 15 is 0 Å². The van der Waals surface area contributed by atoms with E-state index in [9.17, 15) is 0 Å². The van der Waals surface area contributed by atoms with Crippen LogP contribution in [0, 0.1) is 5.92 Å². The van der Waals surface area contributed by atoms with Gasteiger partial charge in [0.2, 0.25) is 0 Å². The third-order valence-electron chi connectivity index (χ3n) is 6.12. The average molecular weight is 397 g/mol. The lowest BCUT2D eigenvalue weighted by molar-refractivity contribution is 0.611. The van der Waals surface area contributed by atoms with Gasteiger partial charge in [-0.3, -0.25) is 0 Å². The van der Waals surface area contributed by atoms with Gasteiger partial charge in [0.1, 0.15) is 0 Å². The Morgan fingerprint density at radius 2 is 1.37 bits per heavy atom. The standard InChI is InChI=1S/C28H32N2/c1-4-30(28-20-22(2)19-24(28)21-23-13-7-5-8-14-23)27-18-12-11-17-26(27)29(3)25-15-9-6-10-16-25/h5-18,22H,4,19-21H2,1-3H3. The van der Waals surface area contributed by atoms with Crippen molar-refractivity contribution < 1.29 is 0 Å². The molecule has 0 saturated carbocycles. The summed E-state index contributed by atoms with van der Waals surface area (Å²) in [5.74, 6) is 0.701. The fourth-order valence-electron chi connectivity index (χ4n) is 4.68. The largest absolute Gasteiger partial charge is 0.344 e. The summed E-state index contributed by atoms with van der Waals surface area (Å²) < 4.78 is 0. The van der Waals surface area contributed by atoms with Crippen LogP contribution < -0.4 is 9.80 Å². The van der Waals surface area contributed by atoms with Crippen LogP contribution in [0.4, 0.5) is 17.1 Å². The molecule has 2 nitrogen and oxygen atoms in total. The third-order valence-corrected chi connectivity index (χ3v) is 6.12. The number of para-hydroxylation sites is 3. The van der Waals surface area contributed by atoms with Crippen LogP contribution in [0.3, 0.4) is 0 Å². The maximum atomic E-state index is 2.55. The van der Waals surface area contributed by atoms with Gasteiger partial charge >= 0.3 is 0 Å². The fourth-order valence-corrected chi connectivity index (χ4v) is 4.68. The van der Waals surface area contributed by atoms with Crippen molar-refractivity contribution in [3.63, 3.8) is 0 Å². The van der Waals surface area contributed by atoms with Gasteiger partial charge in [-0.25, -0.2) is 0 Å². The molecule has 0 aliphatic heterocycles. The van der Waals surface area contributed by atoms with E-state index in [4.69, 9.17) is 0 Å². The van der Waals surface area contributed by atoms with E-state index in [-0.39, 0.29) is 0 Å². The molecule has 3 aromatic rings. The molecule has 0 saturated heterocycles. The van der Waals surface area contributed by atoms with Crippen molar-refractivity contribution in [3.8, 4) is 0 Å². The topological polar surface area (TPSA) is 6.48 Å². The highest BCUT2D eigenvalue weighted by Crippen LogP contribution is 2.41. The first-order chi connectivity index (χ1) is 14.7. The fraction of sp³-hybridized carbons (Fsp3) is 0.286. The van der Waals surface area contributed by atoms with Crippen molar-refractivity contribution in [1.82, 2.24) is 0 Å². The van der Waals surface area contributed by atoms with Crippen molar-refractivity contribution in [2.24, 2.45) is 5.92 Å². The molecule has 0 fully saturated rings. The van der Waals surface area contributed by atoms with Gasteiger partial charge in [-0.05, 0) is 67.5 Å². The van der Waals surface area contributed by atoms with Crippen molar-refractivity contribution in [1.29, 1.82) is 0 Å². The molecule has 30 heavy (non-hydrogen) atoms.